The molecule has 1 saturated heterocycles. The van der Waals surface area contributed by atoms with Crippen LogP contribution in [0.5, 0.6) is 0 Å². The van der Waals surface area contributed by atoms with E-state index in [4.69, 9.17) is 5.26 Å². The Bertz CT molecular complexity index is 509. The van der Waals surface area contributed by atoms with Crippen LogP contribution >= 0.6 is 0 Å². The van der Waals surface area contributed by atoms with Gasteiger partial charge in [-0.15, -0.1) is 0 Å². The Kier molecular flexibility index (Phi) is 3.58. The first-order valence-corrected chi connectivity index (χ1v) is 5.82. The molecule has 0 saturated carbocycles. The van der Waals surface area contributed by atoms with Gasteiger partial charge in [0, 0.05) is 19.6 Å². The highest BCUT2D eigenvalue weighted by atomic mass is 19.1. The van der Waals surface area contributed by atoms with Crippen LogP contribution in [0.15, 0.2) is 18.2 Å². The Hall–Kier alpha value is -1.93. The number of nitriles is 1. The number of piperazine rings is 1. The highest BCUT2D eigenvalue weighted by Gasteiger charge is 2.25. The van der Waals surface area contributed by atoms with Gasteiger partial charge >= 0.3 is 0 Å². The van der Waals surface area contributed by atoms with Crippen LogP contribution in [0.2, 0.25) is 0 Å². The second kappa shape index (κ2) is 5.15. The molecule has 1 amide bonds. The van der Waals surface area contributed by atoms with Crippen molar-refractivity contribution in [1.82, 2.24) is 10.2 Å². The molecular formula is C13H14FN3O. The molecule has 18 heavy (non-hydrogen) atoms. The lowest BCUT2D eigenvalue weighted by atomic mass is 10.1. The van der Waals surface area contributed by atoms with Gasteiger partial charge in [-0.3, -0.25) is 9.69 Å². The first kappa shape index (κ1) is 12.5. The Labute approximate surface area is 105 Å². The van der Waals surface area contributed by atoms with Crippen LogP contribution in [0.3, 0.4) is 0 Å². The lowest BCUT2D eigenvalue weighted by Gasteiger charge is -2.32. The van der Waals surface area contributed by atoms with Crippen molar-refractivity contribution in [2.24, 2.45) is 0 Å². The van der Waals surface area contributed by atoms with Crippen molar-refractivity contribution in [3.8, 4) is 6.07 Å². The van der Waals surface area contributed by atoms with Crippen molar-refractivity contribution in [1.29, 1.82) is 5.26 Å². The Morgan fingerprint density at radius 3 is 3.11 bits per heavy atom. The summed E-state index contributed by atoms with van der Waals surface area (Å²) in [5, 5.41) is 11.6. The SMILES string of the molecule is CC1C(=O)NCCN1Cc1ccc(F)c(C#N)c1. The zero-order valence-corrected chi connectivity index (χ0v) is 10.1. The summed E-state index contributed by atoms with van der Waals surface area (Å²) in [6.45, 7) is 3.76. The number of halogens is 1. The monoisotopic (exact) mass is 247 g/mol. The summed E-state index contributed by atoms with van der Waals surface area (Å²) < 4.78 is 13.2. The molecule has 1 unspecified atom stereocenters. The Balaban J connectivity index is 2.14. The standard InChI is InChI=1S/C13H14FN3O/c1-9-13(18)16-4-5-17(9)8-10-2-3-12(14)11(6-10)7-15/h2-3,6,9H,4-5,8H2,1H3,(H,16,18). The highest BCUT2D eigenvalue weighted by molar-refractivity contribution is 5.81. The van der Waals surface area contributed by atoms with Crippen LogP contribution in [0, 0.1) is 17.1 Å². The second-order valence-electron chi connectivity index (χ2n) is 4.36. The molecule has 1 aliphatic heterocycles. The molecule has 1 aromatic carbocycles. The molecule has 0 bridgehead atoms. The van der Waals surface area contributed by atoms with Crippen molar-refractivity contribution in [3.63, 3.8) is 0 Å². The summed E-state index contributed by atoms with van der Waals surface area (Å²) >= 11 is 0. The Morgan fingerprint density at radius 1 is 1.61 bits per heavy atom. The van der Waals surface area contributed by atoms with Gasteiger partial charge in [-0.25, -0.2) is 4.39 Å². The molecule has 0 aromatic heterocycles. The average molecular weight is 247 g/mol. The van der Waals surface area contributed by atoms with Gasteiger partial charge in [0.15, 0.2) is 0 Å². The third kappa shape index (κ3) is 2.49. The number of hydrogen-bond donors (Lipinski definition) is 1. The van der Waals surface area contributed by atoms with E-state index in [9.17, 15) is 9.18 Å². The molecule has 1 N–H and O–H groups in total. The highest BCUT2D eigenvalue weighted by Crippen LogP contribution is 2.14. The number of benzene rings is 1. The van der Waals surface area contributed by atoms with Gasteiger partial charge in [-0.05, 0) is 24.6 Å². The van der Waals surface area contributed by atoms with Crippen molar-refractivity contribution in [3.05, 3.63) is 35.1 Å². The number of carbonyl (C=O) groups is 1. The van der Waals surface area contributed by atoms with Gasteiger partial charge in [0.25, 0.3) is 0 Å². The van der Waals surface area contributed by atoms with E-state index >= 15 is 0 Å². The van der Waals surface area contributed by atoms with E-state index in [-0.39, 0.29) is 17.5 Å². The number of amides is 1. The molecular weight excluding hydrogens is 233 g/mol. The number of carbonyl (C=O) groups excluding carboxylic acids is 1. The van der Waals surface area contributed by atoms with E-state index in [1.807, 2.05) is 17.9 Å². The largest absolute Gasteiger partial charge is 0.353 e. The lowest BCUT2D eigenvalue weighted by molar-refractivity contribution is -0.128. The molecule has 1 heterocycles. The van der Waals surface area contributed by atoms with E-state index in [2.05, 4.69) is 5.32 Å². The molecule has 1 fully saturated rings. The smallest absolute Gasteiger partial charge is 0.237 e. The normalized spacial score (nSPS) is 20.3. The maximum atomic E-state index is 13.2. The number of rotatable bonds is 2. The third-order valence-electron chi connectivity index (χ3n) is 3.16. The minimum atomic E-state index is -0.509. The van der Waals surface area contributed by atoms with Crippen LogP contribution in [-0.4, -0.2) is 29.9 Å². The Morgan fingerprint density at radius 2 is 2.39 bits per heavy atom. The zero-order valence-electron chi connectivity index (χ0n) is 10.1. The topological polar surface area (TPSA) is 56.1 Å². The first-order valence-electron chi connectivity index (χ1n) is 5.82. The van der Waals surface area contributed by atoms with Crippen molar-refractivity contribution in [2.75, 3.05) is 13.1 Å². The summed E-state index contributed by atoms with van der Waals surface area (Å²) in [4.78, 5) is 13.5. The molecule has 94 valence electrons. The molecule has 4 nitrogen and oxygen atoms in total. The second-order valence-corrected chi connectivity index (χ2v) is 4.36. The summed E-state index contributed by atoms with van der Waals surface area (Å²) in [5.41, 5.74) is 0.885. The molecule has 0 aliphatic carbocycles. The minimum absolute atomic E-state index is 0.00358. The zero-order chi connectivity index (χ0) is 13.1. The summed E-state index contributed by atoms with van der Waals surface area (Å²) in [6.07, 6.45) is 0. The average Bonchev–Trinajstić information content (AvgIpc) is 2.37. The van der Waals surface area contributed by atoms with E-state index in [1.165, 1.54) is 12.1 Å². The van der Waals surface area contributed by atoms with E-state index in [0.29, 0.717) is 13.1 Å². The molecule has 1 aliphatic rings. The van der Waals surface area contributed by atoms with Crippen LogP contribution in [-0.2, 0) is 11.3 Å². The molecule has 5 heteroatoms. The fourth-order valence-corrected chi connectivity index (χ4v) is 2.04. The predicted octanol–water partition coefficient (Wildman–Crippen LogP) is 1.02. The van der Waals surface area contributed by atoms with Crippen molar-refractivity contribution >= 4 is 5.91 Å². The van der Waals surface area contributed by atoms with Gasteiger partial charge in [-0.2, -0.15) is 5.26 Å². The lowest BCUT2D eigenvalue weighted by Crippen LogP contribution is -2.53. The number of nitrogens with zero attached hydrogens (tertiary/aromatic N) is 2. The maximum Gasteiger partial charge on any atom is 0.237 e. The first-order chi connectivity index (χ1) is 8.61. The fraction of sp³-hybridized carbons (Fsp3) is 0.385. The minimum Gasteiger partial charge on any atom is -0.353 e. The number of nitrogens with one attached hydrogen (secondary N) is 1. The van der Waals surface area contributed by atoms with E-state index in [1.54, 1.807) is 6.07 Å². The summed E-state index contributed by atoms with van der Waals surface area (Å²) in [6, 6.07) is 6.10. The maximum absolute atomic E-state index is 13.2. The molecule has 2 rings (SSSR count). The van der Waals surface area contributed by atoms with Crippen LogP contribution in [0.1, 0.15) is 18.1 Å². The van der Waals surface area contributed by atoms with Gasteiger partial charge in [0.05, 0.1) is 11.6 Å². The van der Waals surface area contributed by atoms with Crippen molar-refractivity contribution < 1.29 is 9.18 Å². The van der Waals surface area contributed by atoms with Gasteiger partial charge < -0.3 is 5.32 Å². The molecule has 1 aromatic rings. The van der Waals surface area contributed by atoms with Gasteiger partial charge in [0.1, 0.15) is 11.9 Å². The molecule has 0 spiro atoms. The fourth-order valence-electron chi connectivity index (χ4n) is 2.04. The van der Waals surface area contributed by atoms with Crippen LogP contribution in [0.4, 0.5) is 4.39 Å². The van der Waals surface area contributed by atoms with Gasteiger partial charge in [0.2, 0.25) is 5.91 Å². The molecule has 0 radical (unpaired) electrons. The van der Waals surface area contributed by atoms with Crippen LogP contribution < -0.4 is 5.32 Å². The van der Waals surface area contributed by atoms with Gasteiger partial charge in [-0.1, -0.05) is 6.07 Å². The number of hydrogen-bond acceptors (Lipinski definition) is 3. The van der Waals surface area contributed by atoms with Crippen molar-refractivity contribution in [2.45, 2.75) is 19.5 Å². The quantitative estimate of drug-likeness (QED) is 0.848. The van der Waals surface area contributed by atoms with E-state index < -0.39 is 5.82 Å². The van der Waals surface area contributed by atoms with E-state index in [0.717, 1.165) is 12.1 Å². The summed E-state index contributed by atoms with van der Waals surface area (Å²) in [7, 11) is 0. The van der Waals surface area contributed by atoms with Crippen LogP contribution in [0.25, 0.3) is 0 Å². The third-order valence-corrected chi connectivity index (χ3v) is 3.16. The summed E-state index contributed by atoms with van der Waals surface area (Å²) in [5.74, 6) is -0.505. The predicted molar refractivity (Wildman–Crippen MR) is 64.0 cm³/mol. The molecule has 1 atom stereocenters.